The fourth-order valence-electron chi connectivity index (χ4n) is 2.40. The maximum atomic E-state index is 5.68. The Bertz CT molecular complexity index is 555. The molecule has 1 aromatic carbocycles. The van der Waals surface area contributed by atoms with E-state index >= 15 is 0 Å². The molecule has 0 N–H and O–H groups in total. The van der Waals surface area contributed by atoms with Crippen LogP contribution in [0, 0.1) is 0 Å². The Morgan fingerprint density at radius 1 is 1.37 bits per heavy atom. The monoisotopic (exact) mass is 277 g/mol. The normalized spacial score (nSPS) is 17.2. The minimum Gasteiger partial charge on any atom is -0.493 e. The van der Waals surface area contributed by atoms with Crippen molar-refractivity contribution in [1.82, 2.24) is 15.0 Å². The van der Waals surface area contributed by atoms with Crippen LogP contribution in [0.3, 0.4) is 0 Å². The molecule has 0 bridgehead atoms. The molecule has 1 unspecified atom stereocenters. The van der Waals surface area contributed by atoms with Crippen molar-refractivity contribution in [2.24, 2.45) is 0 Å². The molecule has 1 aliphatic rings. The van der Waals surface area contributed by atoms with Crippen molar-refractivity contribution in [1.29, 1.82) is 0 Å². The number of rotatable bonds is 5. The van der Waals surface area contributed by atoms with Crippen molar-refractivity contribution in [2.45, 2.75) is 25.3 Å². The molecule has 0 radical (unpaired) electrons. The third kappa shape index (κ3) is 2.73. The molecule has 2 aromatic rings. The zero-order valence-corrected chi connectivity index (χ0v) is 11.4. The third-order valence-electron chi connectivity index (χ3n) is 3.36. The first-order valence-corrected chi connectivity index (χ1v) is 7.07. The number of aromatic nitrogens is 3. The third-order valence-corrected chi connectivity index (χ3v) is 3.63. The van der Waals surface area contributed by atoms with Gasteiger partial charge in [-0.25, -0.2) is 0 Å². The summed E-state index contributed by atoms with van der Waals surface area (Å²) < 4.78 is 7.58. The van der Waals surface area contributed by atoms with Gasteiger partial charge in [0.05, 0.1) is 18.8 Å². The summed E-state index contributed by atoms with van der Waals surface area (Å²) in [4.78, 5) is 0. The average Bonchev–Trinajstić information content (AvgIpc) is 3.05. The smallest absolute Gasteiger partial charge is 0.122 e. The Balaban J connectivity index is 1.68. The maximum Gasteiger partial charge on any atom is 0.122 e. The van der Waals surface area contributed by atoms with Gasteiger partial charge in [0.2, 0.25) is 0 Å². The topological polar surface area (TPSA) is 39.9 Å². The van der Waals surface area contributed by atoms with Gasteiger partial charge in [-0.1, -0.05) is 23.4 Å². The molecule has 0 spiro atoms. The van der Waals surface area contributed by atoms with Gasteiger partial charge >= 0.3 is 0 Å². The first-order chi connectivity index (χ1) is 9.36. The molecule has 100 valence electrons. The highest BCUT2D eigenvalue weighted by Gasteiger charge is 2.24. The number of alkyl halides is 1. The lowest BCUT2D eigenvalue weighted by atomic mass is 10.0. The summed E-state index contributed by atoms with van der Waals surface area (Å²) in [6, 6.07) is 8.19. The van der Waals surface area contributed by atoms with Gasteiger partial charge in [0.1, 0.15) is 5.75 Å². The minimum absolute atomic E-state index is 0.360. The Morgan fingerprint density at radius 3 is 3.16 bits per heavy atom. The largest absolute Gasteiger partial charge is 0.493 e. The van der Waals surface area contributed by atoms with Gasteiger partial charge in [-0.2, -0.15) is 0 Å². The van der Waals surface area contributed by atoms with E-state index in [4.69, 9.17) is 16.3 Å². The second kappa shape index (κ2) is 5.61. The van der Waals surface area contributed by atoms with Gasteiger partial charge in [-0.05, 0) is 18.9 Å². The first kappa shape index (κ1) is 12.5. The quantitative estimate of drug-likeness (QED) is 0.789. The number of hydrogen-bond donors (Lipinski definition) is 0. The summed E-state index contributed by atoms with van der Waals surface area (Å²) in [6.45, 7) is 1.53. The van der Waals surface area contributed by atoms with Crippen LogP contribution in [0.5, 0.6) is 5.75 Å². The molecule has 4 nitrogen and oxygen atoms in total. The first-order valence-electron chi connectivity index (χ1n) is 6.53. The molecule has 0 fully saturated rings. The van der Waals surface area contributed by atoms with Crippen molar-refractivity contribution >= 4 is 11.6 Å². The van der Waals surface area contributed by atoms with Gasteiger partial charge in [0.15, 0.2) is 0 Å². The van der Waals surface area contributed by atoms with Crippen molar-refractivity contribution in [3.05, 3.63) is 41.7 Å². The van der Waals surface area contributed by atoms with Crippen LogP contribution in [-0.2, 0) is 13.0 Å². The van der Waals surface area contributed by atoms with Crippen LogP contribution in [-0.4, -0.2) is 27.5 Å². The molecule has 3 rings (SSSR count). The molecule has 19 heavy (non-hydrogen) atoms. The van der Waals surface area contributed by atoms with Crippen molar-refractivity contribution < 1.29 is 4.74 Å². The number of halogens is 1. The van der Waals surface area contributed by atoms with E-state index in [-0.39, 0.29) is 0 Å². The molecule has 0 aliphatic carbocycles. The van der Waals surface area contributed by atoms with E-state index < -0.39 is 0 Å². The fraction of sp³-hybridized carbons (Fsp3) is 0.429. The van der Waals surface area contributed by atoms with E-state index in [0.29, 0.717) is 11.8 Å². The SMILES string of the molecule is ClCCCc1cn(CC2COc3ccccc32)nn1. The molecule has 1 atom stereocenters. The van der Waals surface area contributed by atoms with Crippen LogP contribution >= 0.6 is 11.6 Å². The Kier molecular flexibility index (Phi) is 3.69. The summed E-state index contributed by atoms with van der Waals surface area (Å²) in [7, 11) is 0. The lowest BCUT2D eigenvalue weighted by molar-refractivity contribution is 0.314. The number of benzene rings is 1. The van der Waals surface area contributed by atoms with Crippen LogP contribution in [0.15, 0.2) is 30.5 Å². The maximum absolute atomic E-state index is 5.68. The van der Waals surface area contributed by atoms with E-state index in [2.05, 4.69) is 16.4 Å². The van der Waals surface area contributed by atoms with Crippen molar-refractivity contribution in [2.75, 3.05) is 12.5 Å². The molecule has 0 amide bonds. The molecule has 1 aromatic heterocycles. The molecule has 1 aliphatic heterocycles. The van der Waals surface area contributed by atoms with E-state index in [9.17, 15) is 0 Å². The van der Waals surface area contributed by atoms with Crippen LogP contribution < -0.4 is 4.74 Å². The number of ether oxygens (including phenoxy) is 1. The van der Waals surface area contributed by atoms with E-state index in [1.165, 1.54) is 5.56 Å². The van der Waals surface area contributed by atoms with Gasteiger partial charge in [-0.3, -0.25) is 4.68 Å². The summed E-state index contributed by atoms with van der Waals surface area (Å²) in [5.41, 5.74) is 2.27. The van der Waals surface area contributed by atoms with Crippen LogP contribution in [0.4, 0.5) is 0 Å². The van der Waals surface area contributed by atoms with Crippen LogP contribution in [0.2, 0.25) is 0 Å². The van der Waals surface area contributed by atoms with E-state index in [1.807, 2.05) is 29.1 Å². The molecule has 5 heteroatoms. The Labute approximate surface area is 117 Å². The fourth-order valence-corrected chi connectivity index (χ4v) is 2.53. The predicted molar refractivity (Wildman–Crippen MR) is 73.7 cm³/mol. The standard InChI is InChI=1S/C14H16ClN3O/c15-7-3-4-12-9-18(17-16-12)8-11-10-19-14-6-2-1-5-13(11)14/h1-2,5-6,9,11H,3-4,7-8,10H2. The number of hydrogen-bond acceptors (Lipinski definition) is 3. The molecule has 2 heterocycles. The highest BCUT2D eigenvalue weighted by Crippen LogP contribution is 2.34. The number of fused-ring (bicyclic) bond motifs is 1. The number of nitrogens with zero attached hydrogens (tertiary/aromatic N) is 3. The highest BCUT2D eigenvalue weighted by molar-refractivity contribution is 6.17. The summed E-state index contributed by atoms with van der Waals surface area (Å²) in [5, 5.41) is 8.34. The minimum atomic E-state index is 0.360. The summed E-state index contributed by atoms with van der Waals surface area (Å²) in [5.74, 6) is 2.02. The van der Waals surface area contributed by atoms with Crippen molar-refractivity contribution in [3.63, 3.8) is 0 Å². The van der Waals surface area contributed by atoms with Crippen LogP contribution in [0.1, 0.15) is 23.6 Å². The zero-order valence-electron chi connectivity index (χ0n) is 10.6. The van der Waals surface area contributed by atoms with E-state index in [0.717, 1.165) is 37.4 Å². The van der Waals surface area contributed by atoms with Gasteiger partial charge in [0.25, 0.3) is 0 Å². The zero-order chi connectivity index (χ0) is 13.1. The Hall–Kier alpha value is -1.55. The van der Waals surface area contributed by atoms with Gasteiger partial charge in [-0.15, -0.1) is 16.7 Å². The summed E-state index contributed by atoms with van der Waals surface area (Å²) >= 11 is 5.68. The second-order valence-electron chi connectivity index (χ2n) is 4.77. The molecular formula is C14H16ClN3O. The second-order valence-corrected chi connectivity index (χ2v) is 5.15. The summed E-state index contributed by atoms with van der Waals surface area (Å²) in [6.07, 6.45) is 3.84. The predicted octanol–water partition coefficient (Wildman–Crippen LogP) is 2.63. The lowest BCUT2D eigenvalue weighted by Crippen LogP contribution is -2.11. The number of aryl methyl sites for hydroxylation is 1. The molecular weight excluding hydrogens is 262 g/mol. The highest BCUT2D eigenvalue weighted by atomic mass is 35.5. The van der Waals surface area contributed by atoms with Gasteiger partial charge < -0.3 is 4.74 Å². The molecule has 0 saturated carbocycles. The van der Waals surface area contributed by atoms with Crippen molar-refractivity contribution in [3.8, 4) is 5.75 Å². The average molecular weight is 278 g/mol. The van der Waals surface area contributed by atoms with E-state index in [1.54, 1.807) is 0 Å². The van der Waals surface area contributed by atoms with Crippen LogP contribution in [0.25, 0.3) is 0 Å². The molecule has 0 saturated heterocycles. The number of para-hydroxylation sites is 1. The van der Waals surface area contributed by atoms with Gasteiger partial charge in [0, 0.05) is 23.6 Å². The Morgan fingerprint density at radius 2 is 2.26 bits per heavy atom. The lowest BCUT2D eigenvalue weighted by Gasteiger charge is -2.07.